The molecular weight excluding hydrogens is 459 g/mol. The van der Waals surface area contributed by atoms with Gasteiger partial charge in [0.1, 0.15) is 23.7 Å². The van der Waals surface area contributed by atoms with Gasteiger partial charge in [0.2, 0.25) is 0 Å². The third-order valence-corrected chi connectivity index (χ3v) is 7.58. The van der Waals surface area contributed by atoms with Crippen molar-refractivity contribution in [1.82, 2.24) is 9.80 Å². The van der Waals surface area contributed by atoms with Gasteiger partial charge in [0.05, 0.1) is 16.7 Å². The van der Waals surface area contributed by atoms with Crippen LogP contribution in [0.15, 0.2) is 42.5 Å². The average Bonchev–Trinajstić information content (AvgIpc) is 2.82. The van der Waals surface area contributed by atoms with E-state index in [9.17, 15) is 5.11 Å². The van der Waals surface area contributed by atoms with Crippen LogP contribution < -0.4 is 9.47 Å². The van der Waals surface area contributed by atoms with Crippen molar-refractivity contribution in [1.29, 1.82) is 0 Å². The number of benzene rings is 2. The van der Waals surface area contributed by atoms with Crippen molar-refractivity contribution in [2.75, 3.05) is 46.4 Å². The van der Waals surface area contributed by atoms with Gasteiger partial charge in [0, 0.05) is 25.7 Å². The van der Waals surface area contributed by atoms with Gasteiger partial charge in [0.15, 0.2) is 0 Å². The number of halogens is 2. The molecular formula is C26H34Cl2N2O3. The summed E-state index contributed by atoms with van der Waals surface area (Å²) in [5, 5.41) is 11.9. The second-order valence-electron chi connectivity index (χ2n) is 9.57. The molecule has 0 unspecified atom stereocenters. The maximum absolute atomic E-state index is 10.9. The second-order valence-corrected chi connectivity index (χ2v) is 10.4. The molecule has 2 aliphatic rings. The molecule has 2 aromatic carbocycles. The van der Waals surface area contributed by atoms with Crippen molar-refractivity contribution in [3.05, 3.63) is 58.1 Å². The standard InChI is InChI=1S/C26H34Cl2N2O3/c1-29-12-8-21(9-13-29)18-32-22-4-2-20(3-5-22)17-30-14-10-26(31,11-15-30)19-33-23-6-7-24(27)25(28)16-23/h2-7,16,21,31H,8-15,17-19H2,1H3. The van der Waals surface area contributed by atoms with Crippen LogP contribution in [0.3, 0.4) is 0 Å². The Labute approximate surface area is 207 Å². The molecule has 0 saturated carbocycles. The summed E-state index contributed by atoms with van der Waals surface area (Å²) in [5.74, 6) is 2.23. The van der Waals surface area contributed by atoms with Crippen LogP contribution in [0.1, 0.15) is 31.2 Å². The maximum Gasteiger partial charge on any atom is 0.121 e. The van der Waals surface area contributed by atoms with Crippen molar-refractivity contribution in [2.45, 2.75) is 37.8 Å². The molecule has 0 aliphatic carbocycles. The van der Waals surface area contributed by atoms with E-state index in [1.54, 1.807) is 18.2 Å². The Morgan fingerprint density at radius 3 is 2.24 bits per heavy atom. The molecule has 2 heterocycles. The molecule has 0 spiro atoms. The quantitative estimate of drug-likeness (QED) is 0.553. The highest BCUT2D eigenvalue weighted by Crippen LogP contribution is 2.29. The van der Waals surface area contributed by atoms with E-state index in [4.69, 9.17) is 32.7 Å². The lowest BCUT2D eigenvalue weighted by atomic mass is 9.92. The summed E-state index contributed by atoms with van der Waals surface area (Å²) in [7, 11) is 2.18. The first kappa shape index (κ1) is 24.6. The molecule has 33 heavy (non-hydrogen) atoms. The number of ether oxygens (including phenoxy) is 2. The highest BCUT2D eigenvalue weighted by Gasteiger charge is 2.33. The number of piperidine rings is 2. The molecule has 7 heteroatoms. The lowest BCUT2D eigenvalue weighted by molar-refractivity contribution is -0.0537. The Balaban J connectivity index is 1.18. The van der Waals surface area contributed by atoms with Gasteiger partial charge >= 0.3 is 0 Å². The number of likely N-dealkylation sites (tertiary alicyclic amines) is 2. The van der Waals surface area contributed by atoms with E-state index >= 15 is 0 Å². The first-order valence-electron chi connectivity index (χ1n) is 11.8. The average molecular weight is 493 g/mol. The second kappa shape index (κ2) is 11.3. The summed E-state index contributed by atoms with van der Waals surface area (Å²) < 4.78 is 11.8. The maximum atomic E-state index is 10.9. The zero-order valence-electron chi connectivity index (χ0n) is 19.3. The van der Waals surface area contributed by atoms with Crippen LogP contribution in [-0.2, 0) is 6.54 Å². The molecule has 2 aliphatic heterocycles. The topological polar surface area (TPSA) is 45.2 Å². The third-order valence-electron chi connectivity index (χ3n) is 6.84. The molecule has 2 saturated heterocycles. The number of hydrogen-bond acceptors (Lipinski definition) is 5. The molecule has 0 radical (unpaired) electrons. The lowest BCUT2D eigenvalue weighted by Gasteiger charge is -2.38. The predicted octanol–water partition coefficient (Wildman–Crippen LogP) is 5.12. The number of rotatable bonds is 8. The highest BCUT2D eigenvalue weighted by molar-refractivity contribution is 6.42. The largest absolute Gasteiger partial charge is 0.493 e. The van der Waals surface area contributed by atoms with E-state index in [1.807, 2.05) is 0 Å². The molecule has 2 fully saturated rings. The van der Waals surface area contributed by atoms with E-state index in [1.165, 1.54) is 31.5 Å². The number of aliphatic hydroxyl groups is 1. The highest BCUT2D eigenvalue weighted by atomic mass is 35.5. The molecule has 0 atom stereocenters. The van der Waals surface area contributed by atoms with Gasteiger partial charge in [-0.25, -0.2) is 0 Å². The first-order chi connectivity index (χ1) is 15.9. The van der Waals surface area contributed by atoms with Gasteiger partial charge in [-0.05, 0) is 81.6 Å². The summed E-state index contributed by atoms with van der Waals surface area (Å²) in [4.78, 5) is 4.76. The summed E-state index contributed by atoms with van der Waals surface area (Å²) in [6, 6.07) is 13.6. The lowest BCUT2D eigenvalue weighted by Crippen LogP contribution is -2.47. The van der Waals surface area contributed by atoms with Gasteiger partial charge in [0.25, 0.3) is 0 Å². The smallest absolute Gasteiger partial charge is 0.121 e. The van der Waals surface area contributed by atoms with Crippen LogP contribution >= 0.6 is 23.2 Å². The predicted molar refractivity (Wildman–Crippen MR) is 134 cm³/mol. The Bertz CT molecular complexity index is 893. The van der Waals surface area contributed by atoms with Crippen LogP contribution in [0.25, 0.3) is 0 Å². The van der Waals surface area contributed by atoms with Crippen LogP contribution in [-0.4, -0.2) is 66.9 Å². The van der Waals surface area contributed by atoms with Crippen molar-refractivity contribution in [2.24, 2.45) is 5.92 Å². The fraction of sp³-hybridized carbons (Fsp3) is 0.538. The molecule has 180 valence electrons. The first-order valence-corrected chi connectivity index (χ1v) is 12.6. The third kappa shape index (κ3) is 7.24. The summed E-state index contributed by atoms with van der Waals surface area (Å²) in [6.07, 6.45) is 3.78. The summed E-state index contributed by atoms with van der Waals surface area (Å²) in [6.45, 7) is 5.92. The van der Waals surface area contributed by atoms with Crippen molar-refractivity contribution in [3.63, 3.8) is 0 Å². The molecule has 1 N–H and O–H groups in total. The zero-order valence-corrected chi connectivity index (χ0v) is 20.8. The molecule has 0 bridgehead atoms. The molecule has 0 amide bonds. The van der Waals surface area contributed by atoms with Crippen molar-refractivity contribution >= 4 is 23.2 Å². The Kier molecular flexibility index (Phi) is 8.42. The SMILES string of the molecule is CN1CCC(COc2ccc(CN3CCC(O)(COc4ccc(Cl)c(Cl)c4)CC3)cc2)CC1. The van der Waals surface area contributed by atoms with E-state index in [-0.39, 0.29) is 6.61 Å². The minimum Gasteiger partial charge on any atom is -0.493 e. The van der Waals surface area contributed by atoms with Gasteiger partial charge in [-0.1, -0.05) is 35.3 Å². The van der Waals surface area contributed by atoms with Gasteiger partial charge in [-0.2, -0.15) is 0 Å². The minimum absolute atomic E-state index is 0.252. The van der Waals surface area contributed by atoms with E-state index in [0.717, 1.165) is 32.0 Å². The minimum atomic E-state index is -0.825. The van der Waals surface area contributed by atoms with E-state index in [2.05, 4.69) is 41.1 Å². The van der Waals surface area contributed by atoms with Crippen LogP contribution in [0.5, 0.6) is 11.5 Å². The Hall–Kier alpha value is -1.50. The van der Waals surface area contributed by atoms with Crippen molar-refractivity contribution in [3.8, 4) is 11.5 Å². The fourth-order valence-electron chi connectivity index (χ4n) is 4.45. The molecule has 5 nitrogen and oxygen atoms in total. The Morgan fingerprint density at radius 2 is 1.58 bits per heavy atom. The van der Waals surface area contributed by atoms with Crippen molar-refractivity contribution < 1.29 is 14.6 Å². The number of hydrogen-bond donors (Lipinski definition) is 1. The monoisotopic (exact) mass is 492 g/mol. The molecule has 2 aromatic rings. The number of nitrogens with zero attached hydrogens (tertiary/aromatic N) is 2. The summed E-state index contributed by atoms with van der Waals surface area (Å²) >= 11 is 12.0. The molecule has 0 aromatic heterocycles. The van der Waals surface area contributed by atoms with Crippen LogP contribution in [0.4, 0.5) is 0 Å². The van der Waals surface area contributed by atoms with Gasteiger partial charge in [-0.15, -0.1) is 0 Å². The van der Waals surface area contributed by atoms with Gasteiger partial charge in [-0.3, -0.25) is 4.90 Å². The van der Waals surface area contributed by atoms with Crippen LogP contribution in [0, 0.1) is 5.92 Å². The van der Waals surface area contributed by atoms with Gasteiger partial charge < -0.3 is 19.5 Å². The summed E-state index contributed by atoms with van der Waals surface area (Å²) in [5.41, 5.74) is 0.438. The van der Waals surface area contributed by atoms with Crippen LogP contribution in [0.2, 0.25) is 10.0 Å². The Morgan fingerprint density at radius 1 is 0.909 bits per heavy atom. The zero-order chi connectivity index (χ0) is 23.3. The van der Waals surface area contributed by atoms with E-state index < -0.39 is 5.60 Å². The van der Waals surface area contributed by atoms with E-state index in [0.29, 0.717) is 34.6 Å². The molecule has 4 rings (SSSR count). The normalized spacial score (nSPS) is 20.0. The fourth-order valence-corrected chi connectivity index (χ4v) is 4.74.